The third-order valence-corrected chi connectivity index (χ3v) is 6.41. The van der Waals surface area contributed by atoms with Crippen molar-refractivity contribution >= 4 is 0 Å². The van der Waals surface area contributed by atoms with Crippen LogP contribution in [-0.4, -0.2) is 10.7 Å². The lowest BCUT2D eigenvalue weighted by Crippen LogP contribution is -2.49. The van der Waals surface area contributed by atoms with Crippen LogP contribution >= 0.6 is 0 Å². The minimum Gasteiger partial charge on any atom is -0.389 e. The van der Waals surface area contributed by atoms with Crippen LogP contribution in [0.4, 0.5) is 0 Å². The van der Waals surface area contributed by atoms with Crippen molar-refractivity contribution in [3.05, 3.63) is 11.6 Å². The molecule has 90 valence electrons. The number of allylic oxidation sites excluding steroid dienone is 1. The summed E-state index contributed by atoms with van der Waals surface area (Å²) in [5.74, 6) is 0. The van der Waals surface area contributed by atoms with Crippen molar-refractivity contribution in [2.45, 2.75) is 65.4 Å². The molecule has 0 aliphatic heterocycles. The van der Waals surface area contributed by atoms with Gasteiger partial charge in [-0.15, -0.1) is 0 Å². The largest absolute Gasteiger partial charge is 0.389 e. The maximum atomic E-state index is 10.9. The van der Waals surface area contributed by atoms with E-state index < -0.39 is 5.60 Å². The fourth-order valence-electron chi connectivity index (χ4n) is 5.90. The summed E-state index contributed by atoms with van der Waals surface area (Å²) in [5, 5.41) is 10.9. The molecule has 1 N–H and O–H groups in total. The highest BCUT2D eigenvalue weighted by Crippen LogP contribution is 2.78. The number of aliphatic hydroxyl groups is 1. The second-order valence-electron chi connectivity index (χ2n) is 7.16. The Morgan fingerprint density at radius 2 is 1.75 bits per heavy atom. The molecule has 0 unspecified atom stereocenters. The molecule has 0 radical (unpaired) electrons. The van der Waals surface area contributed by atoms with Gasteiger partial charge in [0.25, 0.3) is 0 Å². The van der Waals surface area contributed by atoms with E-state index >= 15 is 0 Å². The Hall–Kier alpha value is -0.300. The predicted molar refractivity (Wildman–Crippen MR) is 66.1 cm³/mol. The van der Waals surface area contributed by atoms with Crippen molar-refractivity contribution < 1.29 is 5.11 Å². The molecular formula is C15H24O. The normalized spacial score (nSPS) is 53.7. The van der Waals surface area contributed by atoms with Crippen LogP contribution in [0.15, 0.2) is 11.6 Å². The molecule has 3 atom stereocenters. The third kappa shape index (κ3) is 0.796. The van der Waals surface area contributed by atoms with Crippen molar-refractivity contribution in [1.29, 1.82) is 0 Å². The molecule has 1 heteroatoms. The molecule has 0 aromatic rings. The molecule has 0 aromatic carbocycles. The average Bonchev–Trinajstić information content (AvgIpc) is 2.67. The van der Waals surface area contributed by atoms with Gasteiger partial charge < -0.3 is 5.11 Å². The van der Waals surface area contributed by atoms with E-state index in [1.54, 1.807) is 0 Å². The lowest BCUT2D eigenvalue weighted by Gasteiger charge is -2.49. The summed E-state index contributed by atoms with van der Waals surface area (Å²) < 4.78 is 0. The fraction of sp³-hybridized carbons (Fsp3) is 0.867. The van der Waals surface area contributed by atoms with Crippen molar-refractivity contribution in [3.8, 4) is 0 Å². The van der Waals surface area contributed by atoms with Gasteiger partial charge in [0.2, 0.25) is 0 Å². The first-order chi connectivity index (χ1) is 7.29. The van der Waals surface area contributed by atoms with Crippen LogP contribution in [0.5, 0.6) is 0 Å². The minimum absolute atomic E-state index is 0.101. The van der Waals surface area contributed by atoms with Crippen molar-refractivity contribution in [2.24, 2.45) is 16.2 Å². The lowest BCUT2D eigenvalue weighted by atomic mass is 9.56. The van der Waals surface area contributed by atoms with Crippen LogP contribution in [0.1, 0.15) is 59.8 Å². The Kier molecular flexibility index (Phi) is 1.75. The van der Waals surface area contributed by atoms with Crippen molar-refractivity contribution in [1.82, 2.24) is 0 Å². The highest BCUT2D eigenvalue weighted by atomic mass is 16.3. The third-order valence-electron chi connectivity index (χ3n) is 6.41. The van der Waals surface area contributed by atoms with Gasteiger partial charge in [-0.2, -0.15) is 0 Å². The summed E-state index contributed by atoms with van der Waals surface area (Å²) in [5.41, 5.74) is 1.72. The summed E-state index contributed by atoms with van der Waals surface area (Å²) in [4.78, 5) is 0. The van der Waals surface area contributed by atoms with Crippen molar-refractivity contribution in [3.63, 3.8) is 0 Å². The Morgan fingerprint density at radius 3 is 2.38 bits per heavy atom. The maximum Gasteiger partial charge on any atom is 0.0718 e. The minimum atomic E-state index is -0.474. The van der Waals surface area contributed by atoms with Gasteiger partial charge >= 0.3 is 0 Å². The van der Waals surface area contributed by atoms with Crippen LogP contribution in [0, 0.1) is 16.2 Å². The molecule has 2 fully saturated rings. The smallest absolute Gasteiger partial charge is 0.0718 e. The Morgan fingerprint density at radius 1 is 1.06 bits per heavy atom. The second kappa shape index (κ2) is 2.58. The average molecular weight is 220 g/mol. The van der Waals surface area contributed by atoms with Gasteiger partial charge in [0.05, 0.1) is 5.60 Å². The van der Waals surface area contributed by atoms with E-state index in [0.717, 1.165) is 6.42 Å². The van der Waals surface area contributed by atoms with Crippen LogP contribution in [0.2, 0.25) is 0 Å². The van der Waals surface area contributed by atoms with Crippen LogP contribution in [0.25, 0.3) is 0 Å². The fourth-order valence-corrected chi connectivity index (χ4v) is 5.90. The molecule has 0 spiro atoms. The second-order valence-corrected chi connectivity index (χ2v) is 7.16. The zero-order chi connectivity index (χ0) is 11.8. The molecule has 3 aliphatic rings. The topological polar surface area (TPSA) is 20.2 Å². The highest BCUT2D eigenvalue weighted by Gasteiger charge is 2.74. The Labute approximate surface area is 98.9 Å². The first-order valence-electron chi connectivity index (χ1n) is 6.72. The number of hydrogen-bond acceptors (Lipinski definition) is 1. The van der Waals surface area contributed by atoms with Gasteiger partial charge in [-0.1, -0.05) is 31.9 Å². The molecule has 3 rings (SSSR count). The van der Waals surface area contributed by atoms with E-state index in [2.05, 4.69) is 33.8 Å². The van der Waals surface area contributed by atoms with E-state index in [0.29, 0.717) is 5.41 Å². The molecular weight excluding hydrogens is 196 g/mol. The van der Waals surface area contributed by atoms with E-state index in [1.807, 2.05) is 0 Å². The van der Waals surface area contributed by atoms with Crippen LogP contribution in [-0.2, 0) is 0 Å². The number of rotatable bonds is 0. The molecule has 0 heterocycles. The predicted octanol–water partition coefficient (Wildman–Crippen LogP) is 3.67. The Bertz CT molecular complexity index is 377. The molecule has 0 bridgehead atoms. The van der Waals surface area contributed by atoms with Crippen LogP contribution in [0.3, 0.4) is 0 Å². The quantitative estimate of drug-likeness (QED) is 0.617. The molecule has 2 saturated carbocycles. The molecule has 0 amide bonds. The summed E-state index contributed by atoms with van der Waals surface area (Å²) in [6, 6.07) is 0. The van der Waals surface area contributed by atoms with Gasteiger partial charge in [-0.05, 0) is 50.4 Å². The number of hydrogen-bond donors (Lipinski definition) is 1. The van der Waals surface area contributed by atoms with Gasteiger partial charge in [0.15, 0.2) is 0 Å². The molecule has 0 aromatic heterocycles. The van der Waals surface area contributed by atoms with Gasteiger partial charge in [0, 0.05) is 5.41 Å². The first-order valence-corrected chi connectivity index (χ1v) is 6.72. The summed E-state index contributed by atoms with van der Waals surface area (Å²) in [7, 11) is 0. The van der Waals surface area contributed by atoms with E-state index in [4.69, 9.17) is 0 Å². The Balaban J connectivity index is 2.27. The molecule has 3 aliphatic carbocycles. The molecule has 0 saturated heterocycles. The van der Waals surface area contributed by atoms with E-state index in [1.165, 1.54) is 31.3 Å². The standard InChI is InChI=1S/C15H24O/c1-11-10-12(2,3)14-6-5-7-15(11,14)13(4,16)8-9-14/h10,16H,5-9H2,1-4H3/t13-,14-,15-/m1/s1. The molecule has 16 heavy (non-hydrogen) atoms. The van der Waals surface area contributed by atoms with E-state index in [-0.39, 0.29) is 10.8 Å². The van der Waals surface area contributed by atoms with Crippen molar-refractivity contribution in [2.75, 3.05) is 0 Å². The lowest BCUT2D eigenvalue weighted by molar-refractivity contribution is -0.0714. The summed E-state index contributed by atoms with van der Waals surface area (Å²) >= 11 is 0. The monoisotopic (exact) mass is 220 g/mol. The van der Waals surface area contributed by atoms with Crippen LogP contribution < -0.4 is 0 Å². The first kappa shape index (κ1) is 10.8. The zero-order valence-corrected chi connectivity index (χ0v) is 11.1. The zero-order valence-electron chi connectivity index (χ0n) is 11.1. The van der Waals surface area contributed by atoms with E-state index in [9.17, 15) is 5.11 Å². The van der Waals surface area contributed by atoms with Gasteiger partial charge in [0.1, 0.15) is 0 Å². The van der Waals surface area contributed by atoms with Gasteiger partial charge in [-0.25, -0.2) is 0 Å². The van der Waals surface area contributed by atoms with Gasteiger partial charge in [-0.3, -0.25) is 0 Å². The highest BCUT2D eigenvalue weighted by molar-refractivity contribution is 5.40. The molecule has 1 nitrogen and oxygen atoms in total. The summed E-state index contributed by atoms with van der Waals surface area (Å²) in [6.07, 6.45) is 8.46. The summed E-state index contributed by atoms with van der Waals surface area (Å²) in [6.45, 7) is 9.10. The SMILES string of the molecule is CC1=CC(C)(C)[C@]23CCC[C@]12[C@](C)(O)CC3. The maximum absolute atomic E-state index is 10.9.